The molecular formula is C30H44O11. The molecule has 1 aromatic carbocycles. The fraction of sp³-hybridized carbons (Fsp3) is 0.667. The van der Waals surface area contributed by atoms with E-state index in [1.807, 2.05) is 0 Å². The number of benzene rings is 1. The highest BCUT2D eigenvalue weighted by Crippen LogP contribution is 2.31. The lowest BCUT2D eigenvalue weighted by Crippen LogP contribution is -2.63. The van der Waals surface area contributed by atoms with Crippen molar-refractivity contribution in [1.29, 1.82) is 0 Å². The van der Waals surface area contributed by atoms with Gasteiger partial charge in [0, 0.05) is 27.7 Å². The highest BCUT2D eigenvalue weighted by Gasteiger charge is 2.53. The van der Waals surface area contributed by atoms with Crippen molar-refractivity contribution in [2.24, 2.45) is 0 Å². The van der Waals surface area contributed by atoms with Crippen LogP contribution < -0.4 is 9.47 Å². The van der Waals surface area contributed by atoms with Gasteiger partial charge in [-0.2, -0.15) is 0 Å². The number of hydrogen-bond acceptors (Lipinski definition) is 11. The number of hydrogen-bond donors (Lipinski definition) is 0. The van der Waals surface area contributed by atoms with Gasteiger partial charge in [-0.3, -0.25) is 19.2 Å². The Kier molecular flexibility index (Phi) is 15.0. The first-order valence-corrected chi connectivity index (χ1v) is 14.3. The molecule has 1 aliphatic rings. The van der Waals surface area contributed by atoms with Crippen LogP contribution in [0.5, 0.6) is 11.5 Å². The fourth-order valence-corrected chi connectivity index (χ4v) is 4.46. The average Bonchev–Trinajstić information content (AvgIpc) is 2.90. The molecular weight excluding hydrogens is 536 g/mol. The maximum Gasteiger partial charge on any atom is 0.303 e. The Balaban J connectivity index is 2.08. The molecule has 41 heavy (non-hydrogen) atoms. The topological polar surface area (TPSA) is 133 Å². The largest absolute Gasteiger partial charge is 0.494 e. The smallest absolute Gasteiger partial charge is 0.303 e. The zero-order valence-corrected chi connectivity index (χ0v) is 24.8. The van der Waals surface area contributed by atoms with Crippen molar-refractivity contribution < 1.29 is 52.3 Å². The van der Waals surface area contributed by atoms with Crippen molar-refractivity contribution in [2.45, 2.75) is 117 Å². The van der Waals surface area contributed by atoms with E-state index in [0.717, 1.165) is 26.7 Å². The number of ether oxygens (including phenoxy) is 7. The van der Waals surface area contributed by atoms with Crippen LogP contribution in [0.25, 0.3) is 0 Å². The number of carbonyl (C=O) groups excluding carboxylic acids is 4. The van der Waals surface area contributed by atoms with Gasteiger partial charge in [0.25, 0.3) is 0 Å². The third-order valence-electron chi connectivity index (χ3n) is 6.29. The molecule has 5 atom stereocenters. The summed E-state index contributed by atoms with van der Waals surface area (Å²) < 4.78 is 39.1. The molecule has 11 nitrogen and oxygen atoms in total. The first kappa shape index (κ1) is 33.9. The van der Waals surface area contributed by atoms with Crippen LogP contribution in [0.1, 0.15) is 86.0 Å². The van der Waals surface area contributed by atoms with Crippen molar-refractivity contribution in [3.05, 3.63) is 24.3 Å². The summed E-state index contributed by atoms with van der Waals surface area (Å²) in [7, 11) is 0. The van der Waals surface area contributed by atoms with Crippen LogP contribution in [0.3, 0.4) is 0 Å². The van der Waals surface area contributed by atoms with E-state index < -0.39 is 54.6 Å². The number of rotatable bonds is 17. The predicted octanol–water partition coefficient (Wildman–Crippen LogP) is 4.67. The third-order valence-corrected chi connectivity index (χ3v) is 6.29. The van der Waals surface area contributed by atoms with Gasteiger partial charge in [-0.25, -0.2) is 0 Å². The Bertz CT molecular complexity index is 962. The fourth-order valence-electron chi connectivity index (χ4n) is 4.46. The minimum atomic E-state index is -1.30. The zero-order valence-electron chi connectivity index (χ0n) is 24.8. The van der Waals surface area contributed by atoms with E-state index in [1.165, 1.54) is 52.4 Å². The number of carbonyl (C=O) groups is 4. The minimum Gasteiger partial charge on any atom is -0.494 e. The Hall–Kier alpha value is -3.34. The molecule has 0 unspecified atom stereocenters. The summed E-state index contributed by atoms with van der Waals surface area (Å²) in [5, 5.41) is 0. The quantitative estimate of drug-likeness (QED) is 0.145. The molecule has 0 bridgehead atoms. The third kappa shape index (κ3) is 12.8. The lowest BCUT2D eigenvalue weighted by Gasteiger charge is -2.43. The molecule has 0 aromatic heterocycles. The highest BCUT2D eigenvalue weighted by molar-refractivity contribution is 5.68. The van der Waals surface area contributed by atoms with Gasteiger partial charge >= 0.3 is 23.9 Å². The van der Waals surface area contributed by atoms with E-state index in [0.29, 0.717) is 18.1 Å². The van der Waals surface area contributed by atoms with Gasteiger partial charge in [-0.15, -0.1) is 0 Å². The molecule has 0 spiro atoms. The molecule has 1 saturated heterocycles. The predicted molar refractivity (Wildman–Crippen MR) is 147 cm³/mol. The summed E-state index contributed by atoms with van der Waals surface area (Å²) in [4.78, 5) is 47.3. The van der Waals surface area contributed by atoms with Crippen LogP contribution in [0.15, 0.2) is 24.3 Å². The van der Waals surface area contributed by atoms with Crippen molar-refractivity contribution in [3.8, 4) is 11.5 Å². The lowest BCUT2D eigenvalue weighted by atomic mass is 9.98. The molecule has 0 amide bonds. The summed E-state index contributed by atoms with van der Waals surface area (Å²) in [6.07, 6.45) is 3.48. The molecule has 1 aromatic rings. The van der Waals surface area contributed by atoms with Crippen LogP contribution in [-0.2, 0) is 42.9 Å². The van der Waals surface area contributed by atoms with Crippen molar-refractivity contribution in [3.63, 3.8) is 0 Å². The van der Waals surface area contributed by atoms with E-state index in [-0.39, 0.29) is 6.61 Å². The second kappa shape index (κ2) is 18.2. The van der Waals surface area contributed by atoms with E-state index in [4.69, 9.17) is 33.2 Å². The second-order valence-corrected chi connectivity index (χ2v) is 9.98. The Morgan fingerprint density at radius 1 is 0.659 bits per heavy atom. The van der Waals surface area contributed by atoms with Crippen molar-refractivity contribution >= 4 is 23.9 Å². The second-order valence-electron chi connectivity index (χ2n) is 9.98. The molecule has 0 N–H and O–H groups in total. The summed E-state index contributed by atoms with van der Waals surface area (Å²) in [6, 6.07) is 6.81. The molecule has 0 radical (unpaired) electrons. The van der Waals surface area contributed by atoms with Gasteiger partial charge in [-0.05, 0) is 30.7 Å². The average molecular weight is 581 g/mol. The summed E-state index contributed by atoms with van der Waals surface area (Å²) in [5.41, 5.74) is 0. The van der Waals surface area contributed by atoms with Crippen LogP contribution in [-0.4, -0.2) is 67.8 Å². The van der Waals surface area contributed by atoms with E-state index in [1.54, 1.807) is 24.3 Å². The Labute approximate surface area is 242 Å². The van der Waals surface area contributed by atoms with E-state index in [2.05, 4.69) is 6.92 Å². The van der Waals surface area contributed by atoms with E-state index in [9.17, 15) is 19.2 Å². The van der Waals surface area contributed by atoms with Gasteiger partial charge in [0.2, 0.25) is 12.4 Å². The number of esters is 4. The Morgan fingerprint density at radius 2 is 1.17 bits per heavy atom. The van der Waals surface area contributed by atoms with Crippen LogP contribution in [0, 0.1) is 0 Å². The van der Waals surface area contributed by atoms with Crippen LogP contribution in [0.4, 0.5) is 0 Å². The first-order valence-electron chi connectivity index (χ1n) is 14.3. The summed E-state index contributed by atoms with van der Waals surface area (Å²) in [5.74, 6) is -1.69. The lowest BCUT2D eigenvalue weighted by molar-refractivity contribution is -0.288. The number of unbranched alkanes of at least 4 members (excludes halogenated alkanes) is 7. The van der Waals surface area contributed by atoms with Crippen LogP contribution >= 0.6 is 0 Å². The maximum absolute atomic E-state index is 12.0. The maximum atomic E-state index is 12.0. The van der Waals surface area contributed by atoms with Gasteiger partial charge in [0.05, 0.1) is 6.61 Å². The normalized spacial score (nSPS) is 21.8. The summed E-state index contributed by atoms with van der Waals surface area (Å²) >= 11 is 0. The van der Waals surface area contributed by atoms with Gasteiger partial charge < -0.3 is 33.2 Å². The SMILES string of the molecule is CCCCCCCCCCOc1ccc(O[C@@H]2O[C@H](COC(C)=O)[C@@H](OC(C)=O)[C@H](OC(C)=O)[C@H]2OC(C)=O)cc1. The first-order chi connectivity index (χ1) is 19.6. The molecule has 0 saturated carbocycles. The molecule has 1 aliphatic heterocycles. The zero-order chi connectivity index (χ0) is 30.2. The van der Waals surface area contributed by atoms with Crippen molar-refractivity contribution in [1.82, 2.24) is 0 Å². The Morgan fingerprint density at radius 3 is 1.73 bits per heavy atom. The summed E-state index contributed by atoms with van der Waals surface area (Å²) in [6.45, 7) is 7.20. The van der Waals surface area contributed by atoms with E-state index >= 15 is 0 Å². The van der Waals surface area contributed by atoms with Gasteiger partial charge in [-0.1, -0.05) is 51.9 Å². The minimum absolute atomic E-state index is 0.330. The molecule has 11 heteroatoms. The van der Waals surface area contributed by atoms with Gasteiger partial charge in [0.15, 0.2) is 12.2 Å². The standard InChI is InChI=1S/C30H44O11/c1-6-7-8-9-10-11-12-13-18-35-24-14-16-25(17-15-24)40-30-29(39-23(5)34)28(38-22(4)33)27(37-21(3)32)26(41-30)19-36-20(2)31/h14-17,26-30H,6-13,18-19H2,1-5H3/t26-,27-,28+,29-,30-/m1/s1. The van der Waals surface area contributed by atoms with Crippen molar-refractivity contribution in [2.75, 3.05) is 13.2 Å². The van der Waals surface area contributed by atoms with Gasteiger partial charge in [0.1, 0.15) is 24.2 Å². The molecule has 0 aliphatic carbocycles. The molecule has 230 valence electrons. The molecule has 1 heterocycles. The molecule has 2 rings (SSSR count). The monoisotopic (exact) mass is 580 g/mol. The van der Waals surface area contributed by atoms with Crippen LogP contribution in [0.2, 0.25) is 0 Å². The highest BCUT2D eigenvalue weighted by atomic mass is 16.7. The molecule has 1 fully saturated rings.